The van der Waals surface area contributed by atoms with Gasteiger partial charge in [0.1, 0.15) is 0 Å². The van der Waals surface area contributed by atoms with Crippen molar-refractivity contribution >= 4 is 11.6 Å². The van der Waals surface area contributed by atoms with E-state index in [0.29, 0.717) is 6.42 Å². The Balaban J connectivity index is 0.000000921. The fraction of sp³-hybridized carbons (Fsp3) is 0.500. The van der Waals surface area contributed by atoms with Crippen molar-refractivity contribution in [3.63, 3.8) is 0 Å². The van der Waals surface area contributed by atoms with E-state index in [1.807, 2.05) is 13.8 Å². The molecule has 0 aromatic carbocycles. The van der Waals surface area contributed by atoms with Crippen molar-refractivity contribution < 1.29 is 4.79 Å². The van der Waals surface area contributed by atoms with Crippen LogP contribution in [0.5, 0.6) is 0 Å². The highest BCUT2D eigenvalue weighted by molar-refractivity contribution is 5.90. The number of nitrogens with one attached hydrogen (secondary N) is 1. The number of anilines is 1. The monoisotopic (exact) mass is 208 g/mol. The molecule has 0 atom stereocenters. The minimum absolute atomic E-state index is 0.0769. The van der Waals surface area contributed by atoms with Crippen molar-refractivity contribution in [1.82, 2.24) is 4.98 Å². The molecule has 3 nitrogen and oxygen atoms in total. The standard InChI is InChI=1S/C10H14N2O.C2H6/c1-2-3-4-10(13)12-9-5-7-11-8-6-9;1-2/h5-8H,2-4H2,1H3,(H,11,12,13);1-2H3. The quantitative estimate of drug-likeness (QED) is 0.825. The molecule has 0 aliphatic rings. The van der Waals surface area contributed by atoms with Crippen LogP contribution in [-0.2, 0) is 4.79 Å². The zero-order valence-electron chi connectivity index (χ0n) is 9.79. The van der Waals surface area contributed by atoms with Gasteiger partial charge in [-0.2, -0.15) is 0 Å². The number of hydrogen-bond acceptors (Lipinski definition) is 2. The Morgan fingerprint density at radius 2 is 1.93 bits per heavy atom. The number of carbonyl (C=O) groups is 1. The van der Waals surface area contributed by atoms with Crippen LogP contribution >= 0.6 is 0 Å². The maximum Gasteiger partial charge on any atom is 0.224 e. The number of unbranched alkanes of at least 4 members (excludes halogenated alkanes) is 1. The Bertz CT molecular complexity index is 260. The Kier molecular flexibility index (Phi) is 8.34. The van der Waals surface area contributed by atoms with Gasteiger partial charge in [0.2, 0.25) is 5.91 Å². The van der Waals surface area contributed by atoms with Crippen molar-refractivity contribution in [3.05, 3.63) is 24.5 Å². The molecule has 0 bridgehead atoms. The fourth-order valence-corrected chi connectivity index (χ4v) is 0.996. The number of aromatic nitrogens is 1. The van der Waals surface area contributed by atoms with Crippen LogP contribution in [0.2, 0.25) is 0 Å². The molecule has 15 heavy (non-hydrogen) atoms. The van der Waals surface area contributed by atoms with E-state index in [-0.39, 0.29) is 5.91 Å². The highest BCUT2D eigenvalue weighted by atomic mass is 16.1. The first kappa shape index (κ1) is 13.6. The Morgan fingerprint density at radius 3 is 2.47 bits per heavy atom. The van der Waals surface area contributed by atoms with Crippen LogP contribution < -0.4 is 5.32 Å². The molecule has 0 unspecified atom stereocenters. The third-order valence-electron chi connectivity index (χ3n) is 1.72. The van der Waals surface area contributed by atoms with Gasteiger partial charge in [-0.1, -0.05) is 27.2 Å². The molecule has 0 saturated carbocycles. The van der Waals surface area contributed by atoms with Gasteiger partial charge in [-0.25, -0.2) is 0 Å². The van der Waals surface area contributed by atoms with Crippen LogP contribution in [0.4, 0.5) is 5.69 Å². The van der Waals surface area contributed by atoms with Crippen LogP contribution in [0.3, 0.4) is 0 Å². The summed E-state index contributed by atoms with van der Waals surface area (Å²) in [7, 11) is 0. The second kappa shape index (κ2) is 9.19. The van der Waals surface area contributed by atoms with Crippen LogP contribution in [0.15, 0.2) is 24.5 Å². The maximum atomic E-state index is 11.2. The lowest BCUT2D eigenvalue weighted by molar-refractivity contribution is -0.116. The van der Waals surface area contributed by atoms with E-state index in [1.165, 1.54) is 0 Å². The van der Waals surface area contributed by atoms with Crippen LogP contribution in [-0.4, -0.2) is 10.9 Å². The van der Waals surface area contributed by atoms with Gasteiger partial charge in [-0.05, 0) is 18.6 Å². The number of carbonyl (C=O) groups excluding carboxylic acids is 1. The molecule has 0 saturated heterocycles. The number of rotatable bonds is 4. The van der Waals surface area contributed by atoms with Crippen molar-refractivity contribution in [2.75, 3.05) is 5.32 Å². The predicted octanol–water partition coefficient (Wildman–Crippen LogP) is 3.24. The molecule has 0 aliphatic carbocycles. The van der Waals surface area contributed by atoms with Crippen LogP contribution in [0.1, 0.15) is 40.0 Å². The highest BCUT2D eigenvalue weighted by Crippen LogP contribution is 2.04. The summed E-state index contributed by atoms with van der Waals surface area (Å²) in [5.41, 5.74) is 0.816. The van der Waals surface area contributed by atoms with Gasteiger partial charge in [0.15, 0.2) is 0 Å². The second-order valence-electron chi connectivity index (χ2n) is 2.89. The minimum atomic E-state index is 0.0769. The van der Waals surface area contributed by atoms with Gasteiger partial charge in [0.05, 0.1) is 0 Å². The first-order valence-electron chi connectivity index (χ1n) is 5.53. The average molecular weight is 208 g/mol. The highest BCUT2D eigenvalue weighted by Gasteiger charge is 1.99. The van der Waals surface area contributed by atoms with Gasteiger partial charge in [-0.3, -0.25) is 9.78 Å². The van der Waals surface area contributed by atoms with E-state index in [9.17, 15) is 4.79 Å². The number of hydrogen-bond donors (Lipinski definition) is 1. The number of amides is 1. The summed E-state index contributed by atoms with van der Waals surface area (Å²) in [4.78, 5) is 15.1. The molecule has 1 aromatic heterocycles. The molecule has 1 heterocycles. The van der Waals surface area contributed by atoms with Crippen molar-refractivity contribution in [2.24, 2.45) is 0 Å². The first-order valence-corrected chi connectivity index (χ1v) is 5.53. The van der Waals surface area contributed by atoms with E-state index in [1.54, 1.807) is 24.5 Å². The summed E-state index contributed by atoms with van der Waals surface area (Å²) in [5, 5.41) is 2.80. The molecule has 0 spiro atoms. The largest absolute Gasteiger partial charge is 0.326 e. The summed E-state index contributed by atoms with van der Waals surface area (Å²) >= 11 is 0. The predicted molar refractivity (Wildman–Crippen MR) is 63.7 cm³/mol. The molecule has 84 valence electrons. The smallest absolute Gasteiger partial charge is 0.224 e. The van der Waals surface area contributed by atoms with Crippen molar-refractivity contribution in [3.8, 4) is 0 Å². The van der Waals surface area contributed by atoms with Crippen LogP contribution in [0, 0.1) is 0 Å². The van der Waals surface area contributed by atoms with Gasteiger partial charge in [0, 0.05) is 24.5 Å². The van der Waals surface area contributed by atoms with E-state index in [2.05, 4.69) is 17.2 Å². The van der Waals surface area contributed by atoms with E-state index >= 15 is 0 Å². The van der Waals surface area contributed by atoms with E-state index < -0.39 is 0 Å². The topological polar surface area (TPSA) is 42.0 Å². The second-order valence-corrected chi connectivity index (χ2v) is 2.89. The molecule has 3 heteroatoms. The van der Waals surface area contributed by atoms with Gasteiger partial charge < -0.3 is 5.32 Å². The fourth-order valence-electron chi connectivity index (χ4n) is 0.996. The molecule has 0 aliphatic heterocycles. The van der Waals surface area contributed by atoms with Gasteiger partial charge in [0.25, 0.3) is 0 Å². The Morgan fingerprint density at radius 1 is 1.33 bits per heavy atom. The van der Waals surface area contributed by atoms with Crippen molar-refractivity contribution in [2.45, 2.75) is 40.0 Å². The summed E-state index contributed by atoms with van der Waals surface area (Å²) in [6.45, 7) is 6.07. The summed E-state index contributed by atoms with van der Waals surface area (Å²) in [6.07, 6.45) is 5.91. The van der Waals surface area contributed by atoms with Crippen LogP contribution in [0.25, 0.3) is 0 Å². The molecular formula is C12H20N2O. The molecule has 1 amide bonds. The van der Waals surface area contributed by atoms with Crippen molar-refractivity contribution in [1.29, 1.82) is 0 Å². The molecule has 0 fully saturated rings. The molecular weight excluding hydrogens is 188 g/mol. The SMILES string of the molecule is CC.CCCCC(=O)Nc1ccncc1. The zero-order chi connectivity index (χ0) is 11.5. The molecule has 1 N–H and O–H groups in total. The summed E-state index contributed by atoms with van der Waals surface area (Å²) in [5.74, 6) is 0.0769. The van der Waals surface area contributed by atoms with Gasteiger partial charge in [-0.15, -0.1) is 0 Å². The maximum absolute atomic E-state index is 11.2. The Labute approximate surface area is 91.9 Å². The third kappa shape index (κ3) is 6.66. The third-order valence-corrected chi connectivity index (χ3v) is 1.72. The number of nitrogens with zero attached hydrogens (tertiary/aromatic N) is 1. The molecule has 1 rings (SSSR count). The molecule has 0 radical (unpaired) electrons. The normalized spacial score (nSPS) is 8.73. The lowest BCUT2D eigenvalue weighted by Gasteiger charge is -2.02. The van der Waals surface area contributed by atoms with E-state index in [0.717, 1.165) is 18.5 Å². The van der Waals surface area contributed by atoms with Gasteiger partial charge >= 0.3 is 0 Å². The minimum Gasteiger partial charge on any atom is -0.326 e. The lowest BCUT2D eigenvalue weighted by Crippen LogP contribution is -2.10. The average Bonchev–Trinajstić information content (AvgIpc) is 2.30. The Hall–Kier alpha value is -1.38. The number of pyridine rings is 1. The zero-order valence-corrected chi connectivity index (χ0v) is 9.79. The molecule has 1 aromatic rings. The first-order chi connectivity index (χ1) is 7.33. The lowest BCUT2D eigenvalue weighted by atomic mass is 10.2. The summed E-state index contributed by atoms with van der Waals surface area (Å²) in [6, 6.07) is 3.56. The van der Waals surface area contributed by atoms with E-state index in [4.69, 9.17) is 0 Å². The summed E-state index contributed by atoms with van der Waals surface area (Å²) < 4.78 is 0.